The van der Waals surface area contributed by atoms with Crippen LogP contribution >= 0.6 is 15.9 Å². The third-order valence-electron chi connectivity index (χ3n) is 2.82. The van der Waals surface area contributed by atoms with Crippen LogP contribution in [0.2, 0.25) is 0 Å². The minimum Gasteiger partial charge on any atom is -0.486 e. The van der Waals surface area contributed by atoms with Crippen LogP contribution in [0.5, 0.6) is 5.75 Å². The molecular weight excluding hydrogens is 289 g/mol. The van der Waals surface area contributed by atoms with Crippen LogP contribution < -0.4 is 10.5 Å². The Bertz CT molecular complexity index is 402. The van der Waals surface area contributed by atoms with Crippen molar-refractivity contribution in [2.45, 2.75) is 31.6 Å². The monoisotopic (exact) mass is 303 g/mol. The van der Waals surface area contributed by atoms with Crippen LogP contribution in [0.3, 0.4) is 0 Å². The molecule has 17 heavy (non-hydrogen) atoms. The fourth-order valence-electron chi connectivity index (χ4n) is 1.89. The molecule has 0 aromatic heterocycles. The first-order valence-corrected chi connectivity index (χ1v) is 6.40. The molecule has 1 aromatic rings. The van der Waals surface area contributed by atoms with E-state index in [1.54, 1.807) is 6.07 Å². The van der Waals surface area contributed by atoms with Gasteiger partial charge in [-0.15, -0.1) is 0 Å². The second-order valence-electron chi connectivity index (χ2n) is 4.05. The van der Waals surface area contributed by atoms with Crippen molar-refractivity contribution in [2.24, 2.45) is 5.73 Å². The zero-order valence-corrected chi connectivity index (χ0v) is 11.1. The fourth-order valence-corrected chi connectivity index (χ4v) is 2.33. The van der Waals surface area contributed by atoms with Crippen molar-refractivity contribution in [2.75, 3.05) is 6.61 Å². The zero-order valence-electron chi connectivity index (χ0n) is 9.53. The van der Waals surface area contributed by atoms with E-state index in [2.05, 4.69) is 15.9 Å². The molecule has 1 aliphatic rings. The van der Waals surface area contributed by atoms with Gasteiger partial charge in [-0.2, -0.15) is 0 Å². The minimum absolute atomic E-state index is 0.0270. The highest BCUT2D eigenvalue weighted by atomic mass is 79.9. The number of nitrogens with two attached hydrogens (primary N) is 1. The maximum absolute atomic E-state index is 12.9. The Morgan fingerprint density at radius 1 is 1.53 bits per heavy atom. The summed E-state index contributed by atoms with van der Waals surface area (Å²) in [6.07, 6.45) is 0.637. The highest BCUT2D eigenvalue weighted by Gasteiger charge is 2.41. The molecule has 3 nitrogen and oxygen atoms in total. The molecule has 1 aliphatic carbocycles. The van der Waals surface area contributed by atoms with Crippen molar-refractivity contribution < 1.29 is 13.9 Å². The van der Waals surface area contributed by atoms with Crippen molar-refractivity contribution in [1.29, 1.82) is 0 Å². The predicted molar refractivity (Wildman–Crippen MR) is 66.5 cm³/mol. The summed E-state index contributed by atoms with van der Waals surface area (Å²) in [5, 5.41) is 0. The number of hydrogen-bond acceptors (Lipinski definition) is 3. The van der Waals surface area contributed by atoms with Crippen LogP contribution in [0.25, 0.3) is 0 Å². The highest BCUT2D eigenvalue weighted by molar-refractivity contribution is 9.10. The normalized spacial score (nSPS) is 27.6. The molecule has 2 N–H and O–H groups in total. The molecule has 5 heteroatoms. The van der Waals surface area contributed by atoms with E-state index in [9.17, 15) is 4.39 Å². The van der Waals surface area contributed by atoms with Crippen molar-refractivity contribution in [3.05, 3.63) is 28.5 Å². The van der Waals surface area contributed by atoms with Crippen molar-refractivity contribution in [3.63, 3.8) is 0 Å². The Morgan fingerprint density at radius 2 is 2.29 bits per heavy atom. The number of benzene rings is 1. The summed E-state index contributed by atoms with van der Waals surface area (Å²) in [5.74, 6) is 0.323. The summed E-state index contributed by atoms with van der Waals surface area (Å²) in [7, 11) is 0. The fraction of sp³-hybridized carbons (Fsp3) is 0.500. The molecule has 0 spiro atoms. The van der Waals surface area contributed by atoms with Gasteiger partial charge in [0.1, 0.15) is 23.8 Å². The van der Waals surface area contributed by atoms with Gasteiger partial charge in [-0.3, -0.25) is 0 Å². The van der Waals surface area contributed by atoms with Crippen LogP contribution in [0.4, 0.5) is 4.39 Å². The standard InChI is InChI=1S/C12H15BrFNO2/c1-2-16-12-9(15)6-11(12)17-10-4-3-7(14)5-8(10)13/h3-5,9,11-12H,2,6,15H2,1H3. The molecule has 3 unspecified atom stereocenters. The lowest BCUT2D eigenvalue weighted by molar-refractivity contribution is -0.0947. The van der Waals surface area contributed by atoms with E-state index in [4.69, 9.17) is 15.2 Å². The van der Waals surface area contributed by atoms with E-state index < -0.39 is 0 Å². The first-order valence-electron chi connectivity index (χ1n) is 5.60. The molecule has 0 aliphatic heterocycles. The lowest BCUT2D eigenvalue weighted by Crippen LogP contribution is -2.59. The van der Waals surface area contributed by atoms with Crippen LogP contribution in [0.1, 0.15) is 13.3 Å². The summed E-state index contributed by atoms with van der Waals surface area (Å²) in [6, 6.07) is 4.38. The van der Waals surface area contributed by atoms with Gasteiger partial charge in [0.15, 0.2) is 0 Å². The van der Waals surface area contributed by atoms with E-state index in [-0.39, 0.29) is 24.1 Å². The smallest absolute Gasteiger partial charge is 0.134 e. The Kier molecular flexibility index (Phi) is 4.01. The number of halogens is 2. The lowest BCUT2D eigenvalue weighted by Gasteiger charge is -2.41. The maximum atomic E-state index is 12.9. The molecule has 0 saturated heterocycles. The number of rotatable bonds is 4. The zero-order chi connectivity index (χ0) is 12.4. The molecule has 0 amide bonds. The van der Waals surface area contributed by atoms with Gasteiger partial charge in [-0.1, -0.05) is 0 Å². The van der Waals surface area contributed by atoms with Gasteiger partial charge in [-0.25, -0.2) is 4.39 Å². The molecule has 2 rings (SSSR count). The molecule has 94 valence electrons. The van der Waals surface area contributed by atoms with Crippen molar-refractivity contribution in [3.8, 4) is 5.75 Å². The largest absolute Gasteiger partial charge is 0.486 e. The van der Waals surface area contributed by atoms with Crippen molar-refractivity contribution in [1.82, 2.24) is 0 Å². The molecule has 0 heterocycles. The molecule has 3 atom stereocenters. The van der Waals surface area contributed by atoms with Crippen LogP contribution in [-0.2, 0) is 4.74 Å². The van der Waals surface area contributed by atoms with E-state index in [0.717, 1.165) is 6.42 Å². The van der Waals surface area contributed by atoms with Gasteiger partial charge in [0, 0.05) is 19.1 Å². The van der Waals surface area contributed by atoms with Crippen LogP contribution in [0.15, 0.2) is 22.7 Å². The van der Waals surface area contributed by atoms with E-state index in [1.807, 2.05) is 6.92 Å². The molecule has 0 radical (unpaired) electrons. The number of ether oxygens (including phenoxy) is 2. The van der Waals surface area contributed by atoms with E-state index in [0.29, 0.717) is 16.8 Å². The SMILES string of the molecule is CCOC1C(N)CC1Oc1ccc(F)cc1Br. The average Bonchev–Trinajstić information content (AvgIpc) is 2.28. The van der Waals surface area contributed by atoms with E-state index >= 15 is 0 Å². The van der Waals surface area contributed by atoms with Gasteiger partial charge in [0.2, 0.25) is 0 Å². The quantitative estimate of drug-likeness (QED) is 0.929. The lowest BCUT2D eigenvalue weighted by atomic mass is 9.86. The van der Waals surface area contributed by atoms with Crippen LogP contribution in [-0.4, -0.2) is 24.9 Å². The Morgan fingerprint density at radius 3 is 2.88 bits per heavy atom. The van der Waals surface area contributed by atoms with Crippen LogP contribution in [0, 0.1) is 5.82 Å². The first kappa shape index (κ1) is 12.8. The average molecular weight is 304 g/mol. The predicted octanol–water partition coefficient (Wildman–Crippen LogP) is 2.47. The van der Waals surface area contributed by atoms with Gasteiger partial charge in [0.05, 0.1) is 4.47 Å². The first-order chi connectivity index (χ1) is 8.11. The summed E-state index contributed by atoms with van der Waals surface area (Å²) >= 11 is 3.27. The van der Waals surface area contributed by atoms with Gasteiger partial charge >= 0.3 is 0 Å². The van der Waals surface area contributed by atoms with E-state index in [1.165, 1.54) is 12.1 Å². The topological polar surface area (TPSA) is 44.5 Å². The Hall–Kier alpha value is -0.650. The number of hydrogen-bond donors (Lipinski definition) is 1. The summed E-state index contributed by atoms with van der Waals surface area (Å²) in [4.78, 5) is 0. The molecule has 1 saturated carbocycles. The second-order valence-corrected chi connectivity index (χ2v) is 4.90. The summed E-state index contributed by atoms with van der Waals surface area (Å²) < 4.78 is 24.8. The third kappa shape index (κ3) is 2.78. The second kappa shape index (κ2) is 5.33. The Balaban J connectivity index is 2.01. The highest BCUT2D eigenvalue weighted by Crippen LogP contribution is 2.32. The molecular formula is C12H15BrFNO2. The molecule has 1 aromatic carbocycles. The van der Waals surface area contributed by atoms with Gasteiger partial charge < -0.3 is 15.2 Å². The summed E-state index contributed by atoms with van der Waals surface area (Å²) in [6.45, 7) is 2.54. The van der Waals surface area contributed by atoms with Gasteiger partial charge in [0.25, 0.3) is 0 Å². The Labute approximate surface area is 108 Å². The minimum atomic E-state index is -0.295. The van der Waals surface area contributed by atoms with Crippen molar-refractivity contribution >= 4 is 15.9 Å². The maximum Gasteiger partial charge on any atom is 0.134 e. The third-order valence-corrected chi connectivity index (χ3v) is 3.44. The molecule has 1 fully saturated rings. The molecule has 0 bridgehead atoms. The van der Waals surface area contributed by atoms with Gasteiger partial charge in [-0.05, 0) is 41.1 Å². The summed E-state index contributed by atoms with van der Waals surface area (Å²) in [5.41, 5.74) is 5.84.